The van der Waals surface area contributed by atoms with Gasteiger partial charge in [0.1, 0.15) is 17.4 Å². The molecule has 2 atom stereocenters. The molecule has 0 spiro atoms. The predicted octanol–water partition coefficient (Wildman–Crippen LogP) is 6.62. The molecular formula is C26H32F2N2O. The average molecular weight is 427 g/mol. The van der Waals surface area contributed by atoms with Gasteiger partial charge in [-0.25, -0.2) is 8.78 Å². The minimum Gasteiger partial charge on any atom is -0.490 e. The second-order valence-corrected chi connectivity index (χ2v) is 9.26. The summed E-state index contributed by atoms with van der Waals surface area (Å²) in [6.07, 6.45) is 10.7. The van der Waals surface area contributed by atoms with Crippen molar-refractivity contribution in [1.82, 2.24) is 4.98 Å². The van der Waals surface area contributed by atoms with E-state index in [0.29, 0.717) is 0 Å². The van der Waals surface area contributed by atoms with Gasteiger partial charge in [0.05, 0.1) is 6.10 Å². The molecule has 0 radical (unpaired) electrons. The van der Waals surface area contributed by atoms with E-state index in [1.54, 1.807) is 12.3 Å². The largest absolute Gasteiger partial charge is 0.490 e. The van der Waals surface area contributed by atoms with Crippen LogP contribution >= 0.6 is 0 Å². The van der Waals surface area contributed by atoms with Gasteiger partial charge in [0, 0.05) is 36.3 Å². The Morgan fingerprint density at radius 2 is 2.00 bits per heavy atom. The number of hydrogen-bond acceptors (Lipinski definition) is 3. The molecule has 3 nitrogen and oxygen atoms in total. The van der Waals surface area contributed by atoms with Crippen molar-refractivity contribution in [3.63, 3.8) is 0 Å². The molecule has 1 aromatic heterocycles. The zero-order chi connectivity index (χ0) is 22.2. The fourth-order valence-corrected chi connectivity index (χ4v) is 5.68. The van der Waals surface area contributed by atoms with Crippen LogP contribution in [-0.4, -0.2) is 17.1 Å². The Labute approximate surface area is 183 Å². The lowest BCUT2D eigenvalue weighted by Crippen LogP contribution is -2.50. The van der Waals surface area contributed by atoms with Crippen LogP contribution in [0, 0.1) is 25.2 Å². The molecule has 2 unspecified atom stereocenters. The Bertz CT molecular complexity index is 1020. The van der Waals surface area contributed by atoms with Gasteiger partial charge < -0.3 is 10.5 Å². The van der Waals surface area contributed by atoms with Gasteiger partial charge in [-0.05, 0) is 92.0 Å². The summed E-state index contributed by atoms with van der Waals surface area (Å²) >= 11 is 0. The number of nitrogens with two attached hydrogens (primary N) is 1. The average Bonchev–Trinajstić information content (AvgIpc) is 2.76. The van der Waals surface area contributed by atoms with Gasteiger partial charge >= 0.3 is 0 Å². The van der Waals surface area contributed by atoms with E-state index in [-0.39, 0.29) is 35.7 Å². The Kier molecular flexibility index (Phi) is 6.16. The van der Waals surface area contributed by atoms with Crippen LogP contribution in [0.4, 0.5) is 8.78 Å². The van der Waals surface area contributed by atoms with E-state index in [4.69, 9.17) is 10.5 Å². The smallest absolute Gasteiger partial charge is 0.126 e. The van der Waals surface area contributed by atoms with Crippen molar-refractivity contribution in [3.05, 3.63) is 59.5 Å². The summed E-state index contributed by atoms with van der Waals surface area (Å²) in [5.74, 6) is -0.131. The van der Waals surface area contributed by atoms with Crippen LogP contribution in [0.15, 0.2) is 48.3 Å². The minimum atomic E-state index is -0.480. The maximum atomic E-state index is 14.1. The third-order valence-electron chi connectivity index (χ3n) is 7.46. The van der Waals surface area contributed by atoms with E-state index in [1.165, 1.54) is 0 Å². The second kappa shape index (κ2) is 8.70. The van der Waals surface area contributed by atoms with Crippen LogP contribution in [0.3, 0.4) is 0 Å². The van der Waals surface area contributed by atoms with E-state index >= 15 is 0 Å². The van der Waals surface area contributed by atoms with Gasteiger partial charge in [0.25, 0.3) is 0 Å². The third-order valence-corrected chi connectivity index (χ3v) is 7.46. The molecule has 1 heterocycles. The van der Waals surface area contributed by atoms with Gasteiger partial charge in [-0.2, -0.15) is 0 Å². The number of halogens is 2. The molecular weight excluding hydrogens is 394 g/mol. The van der Waals surface area contributed by atoms with Crippen LogP contribution in [0.5, 0.6) is 5.75 Å². The van der Waals surface area contributed by atoms with E-state index in [1.807, 2.05) is 12.3 Å². The summed E-state index contributed by atoms with van der Waals surface area (Å²) < 4.78 is 34.6. The van der Waals surface area contributed by atoms with Gasteiger partial charge in [-0.15, -0.1) is 0 Å². The Balaban J connectivity index is 1.54. The van der Waals surface area contributed by atoms with Gasteiger partial charge in [-0.3, -0.25) is 4.98 Å². The summed E-state index contributed by atoms with van der Waals surface area (Å²) in [7, 11) is 0. The van der Waals surface area contributed by atoms with Gasteiger partial charge in [0.2, 0.25) is 0 Å². The maximum absolute atomic E-state index is 14.1. The van der Waals surface area contributed by atoms with Crippen molar-refractivity contribution in [2.24, 2.45) is 17.1 Å². The normalized spacial score (nSPS) is 27.5. The number of benzene rings is 1. The lowest BCUT2D eigenvalue weighted by atomic mass is 9.59. The summed E-state index contributed by atoms with van der Waals surface area (Å²) in [5, 5.41) is 2.27. The minimum absolute atomic E-state index is 0.0756. The number of nitrogens with zero attached hydrogens (tertiary/aromatic N) is 1. The summed E-state index contributed by atoms with van der Waals surface area (Å²) in [4.78, 5) is 4.22. The Morgan fingerprint density at radius 1 is 1.26 bits per heavy atom. The molecule has 0 bridgehead atoms. The second-order valence-electron chi connectivity index (χ2n) is 9.26. The molecule has 0 saturated heterocycles. The number of aryl methyl sites for hydroxylation is 2. The highest BCUT2D eigenvalue weighted by molar-refractivity contribution is 5.87. The number of rotatable bonds is 5. The first-order valence-electron chi connectivity index (χ1n) is 11.3. The van der Waals surface area contributed by atoms with Crippen LogP contribution in [0.2, 0.25) is 0 Å². The standard InChI is InChI=1S/C26H32F2N2O/c1-4-24(29)26(19-12-20(27)14-21(28)13-19)8-5-22(6-9-26)31-25-16(2)11-18-15-30-10-7-23(18)17(25)3/h7,10-12,14-15,19,22,24H,4-6,8-9,13,29H2,1-3H3. The SMILES string of the molecule is CCC(N)C1(C2C=C(F)C=C(F)C2)CCC(Oc2c(C)cc3cnccc3c2C)CC1. The lowest BCUT2D eigenvalue weighted by Gasteiger charge is -2.48. The molecule has 31 heavy (non-hydrogen) atoms. The predicted molar refractivity (Wildman–Crippen MR) is 121 cm³/mol. The van der Waals surface area contributed by atoms with Crippen LogP contribution < -0.4 is 10.5 Å². The summed E-state index contributed by atoms with van der Waals surface area (Å²) in [6, 6.07) is 4.05. The van der Waals surface area contributed by atoms with E-state index in [2.05, 4.69) is 31.8 Å². The van der Waals surface area contributed by atoms with Crippen LogP contribution in [-0.2, 0) is 0 Å². The summed E-state index contributed by atoms with van der Waals surface area (Å²) in [6.45, 7) is 6.22. The zero-order valence-electron chi connectivity index (χ0n) is 18.6. The lowest BCUT2D eigenvalue weighted by molar-refractivity contribution is 0.0260. The van der Waals surface area contributed by atoms with Gasteiger partial charge in [0.15, 0.2) is 0 Å². The van der Waals surface area contributed by atoms with E-state index in [0.717, 1.165) is 65.8 Å². The van der Waals surface area contributed by atoms with Crippen molar-refractivity contribution in [2.45, 2.75) is 71.4 Å². The number of hydrogen-bond donors (Lipinski definition) is 1. The number of aromatic nitrogens is 1. The highest BCUT2D eigenvalue weighted by Crippen LogP contribution is 2.50. The molecule has 0 aliphatic heterocycles. The van der Waals surface area contributed by atoms with Crippen molar-refractivity contribution in [1.29, 1.82) is 0 Å². The zero-order valence-corrected chi connectivity index (χ0v) is 18.6. The molecule has 166 valence electrons. The van der Waals surface area contributed by atoms with Crippen molar-refractivity contribution >= 4 is 10.8 Å². The van der Waals surface area contributed by atoms with Crippen molar-refractivity contribution < 1.29 is 13.5 Å². The molecule has 4 rings (SSSR count). The third kappa shape index (κ3) is 4.12. The van der Waals surface area contributed by atoms with Crippen molar-refractivity contribution in [3.8, 4) is 5.75 Å². The molecule has 2 N–H and O–H groups in total. The van der Waals surface area contributed by atoms with Crippen LogP contribution in [0.1, 0.15) is 56.6 Å². The molecule has 2 aromatic rings. The number of ether oxygens (including phenoxy) is 1. The van der Waals surface area contributed by atoms with Crippen LogP contribution in [0.25, 0.3) is 10.8 Å². The first-order valence-corrected chi connectivity index (χ1v) is 11.3. The topological polar surface area (TPSA) is 48.1 Å². The number of fused-ring (bicyclic) bond motifs is 1. The molecule has 0 amide bonds. The maximum Gasteiger partial charge on any atom is 0.126 e. The molecule has 5 heteroatoms. The van der Waals surface area contributed by atoms with Crippen molar-refractivity contribution in [2.75, 3.05) is 0 Å². The highest BCUT2D eigenvalue weighted by Gasteiger charge is 2.46. The molecule has 2 aliphatic rings. The highest BCUT2D eigenvalue weighted by atomic mass is 19.1. The first kappa shape index (κ1) is 21.9. The fraction of sp³-hybridized carbons (Fsp3) is 0.500. The first-order chi connectivity index (χ1) is 14.8. The molecule has 2 aliphatic carbocycles. The Morgan fingerprint density at radius 3 is 2.68 bits per heavy atom. The monoisotopic (exact) mass is 426 g/mol. The van der Waals surface area contributed by atoms with E-state index in [9.17, 15) is 8.78 Å². The molecule has 1 fully saturated rings. The summed E-state index contributed by atoms with van der Waals surface area (Å²) in [5.41, 5.74) is 8.51. The Hall–Kier alpha value is -2.27. The number of pyridine rings is 1. The molecule has 1 saturated carbocycles. The number of allylic oxidation sites excluding steroid dienone is 4. The van der Waals surface area contributed by atoms with E-state index < -0.39 is 5.83 Å². The fourth-order valence-electron chi connectivity index (χ4n) is 5.68. The quantitative estimate of drug-likeness (QED) is 0.584. The molecule has 1 aromatic carbocycles. The van der Waals surface area contributed by atoms with Gasteiger partial charge in [-0.1, -0.05) is 6.92 Å².